The molecule has 3 aromatic rings. The van der Waals surface area contributed by atoms with Crippen LogP contribution in [0, 0.1) is 2.88 Å². The van der Waals surface area contributed by atoms with Crippen LogP contribution in [0.5, 0.6) is 5.75 Å². The maximum atomic E-state index is 12.4. The summed E-state index contributed by atoms with van der Waals surface area (Å²) >= 11 is 3.81. The quantitative estimate of drug-likeness (QED) is 0.474. The van der Waals surface area contributed by atoms with Crippen LogP contribution in [0.1, 0.15) is 15.9 Å². The van der Waals surface area contributed by atoms with Crippen LogP contribution in [0.15, 0.2) is 47.8 Å². The Hall–Kier alpha value is -1.40. The molecule has 0 amide bonds. The van der Waals surface area contributed by atoms with Crippen molar-refractivity contribution in [3.63, 3.8) is 0 Å². The minimum atomic E-state index is 0.0712. The number of hydrogen-bond acceptors (Lipinski definition) is 3. The van der Waals surface area contributed by atoms with Gasteiger partial charge < -0.3 is 4.74 Å². The van der Waals surface area contributed by atoms with Crippen LogP contribution in [0.3, 0.4) is 0 Å². The first-order valence-corrected chi connectivity index (χ1v) is 8.00. The number of carbonyl (C=O) groups is 1. The van der Waals surface area contributed by atoms with E-state index in [1.54, 1.807) is 18.4 Å². The first-order valence-electron chi connectivity index (χ1n) is 6.04. The molecule has 0 saturated heterocycles. The number of ketones is 1. The number of ether oxygens (including phenoxy) is 1. The molecule has 0 atom stereocenters. The predicted molar refractivity (Wildman–Crippen MR) is 91.0 cm³/mol. The summed E-state index contributed by atoms with van der Waals surface area (Å²) in [6.45, 7) is 0. The van der Waals surface area contributed by atoms with E-state index in [1.807, 2.05) is 47.8 Å². The van der Waals surface area contributed by atoms with Crippen molar-refractivity contribution in [2.75, 3.05) is 7.11 Å². The summed E-state index contributed by atoms with van der Waals surface area (Å²) < 4.78 is 6.33. The van der Waals surface area contributed by atoms with E-state index in [1.165, 1.54) is 0 Å². The molecule has 0 N–H and O–H groups in total. The number of thiophene rings is 1. The molecule has 4 heteroatoms. The number of rotatable bonds is 3. The summed E-state index contributed by atoms with van der Waals surface area (Å²) in [7, 11) is 1.65. The van der Waals surface area contributed by atoms with Crippen LogP contribution in [-0.2, 0) is 0 Å². The third-order valence-electron chi connectivity index (χ3n) is 3.14. The van der Waals surface area contributed by atoms with Gasteiger partial charge in [0, 0.05) is 16.5 Å². The zero-order chi connectivity index (χ0) is 14.1. The fraction of sp³-hybridized carbons (Fsp3) is 0.0625. The highest BCUT2D eigenvalue weighted by Gasteiger charge is 2.11. The van der Waals surface area contributed by atoms with Gasteiger partial charge in [-0.2, -0.15) is 0 Å². The average molecular weight is 394 g/mol. The summed E-state index contributed by atoms with van der Waals surface area (Å²) in [5.74, 6) is 0.894. The molecule has 2 nitrogen and oxygen atoms in total. The molecule has 2 aromatic carbocycles. The Morgan fingerprint density at radius 1 is 1.05 bits per heavy atom. The smallest absolute Gasteiger partial charge is 0.193 e. The van der Waals surface area contributed by atoms with Crippen molar-refractivity contribution in [2.45, 2.75) is 0 Å². The molecule has 1 aromatic heterocycles. The van der Waals surface area contributed by atoms with Crippen molar-refractivity contribution < 1.29 is 9.53 Å². The second kappa shape index (κ2) is 5.54. The SMILES string of the molecule is COc1ccc2cc(C(=O)c3csc(I)c3)ccc2c1. The fourth-order valence-electron chi connectivity index (χ4n) is 2.09. The highest BCUT2D eigenvalue weighted by molar-refractivity contribution is 14.1. The summed E-state index contributed by atoms with van der Waals surface area (Å²) in [5.41, 5.74) is 1.48. The van der Waals surface area contributed by atoms with Crippen molar-refractivity contribution in [3.05, 3.63) is 61.9 Å². The molecule has 0 fully saturated rings. The average Bonchev–Trinajstić information content (AvgIpc) is 2.92. The Morgan fingerprint density at radius 2 is 1.80 bits per heavy atom. The molecule has 0 saturated carbocycles. The molecule has 0 aliphatic heterocycles. The van der Waals surface area contributed by atoms with E-state index in [2.05, 4.69) is 22.6 Å². The van der Waals surface area contributed by atoms with Gasteiger partial charge in [0.1, 0.15) is 5.75 Å². The van der Waals surface area contributed by atoms with Crippen LogP contribution in [0.4, 0.5) is 0 Å². The highest BCUT2D eigenvalue weighted by atomic mass is 127. The van der Waals surface area contributed by atoms with Gasteiger partial charge in [-0.3, -0.25) is 4.79 Å². The predicted octanol–water partition coefficient (Wildman–Crippen LogP) is 4.75. The number of halogens is 1. The van der Waals surface area contributed by atoms with Gasteiger partial charge in [-0.1, -0.05) is 18.2 Å². The molecule has 0 bridgehead atoms. The van der Waals surface area contributed by atoms with Gasteiger partial charge in [0.15, 0.2) is 5.78 Å². The van der Waals surface area contributed by atoms with Crippen LogP contribution in [-0.4, -0.2) is 12.9 Å². The zero-order valence-corrected chi connectivity index (χ0v) is 13.7. The summed E-state index contributed by atoms with van der Waals surface area (Å²) in [6.07, 6.45) is 0. The Kier molecular flexibility index (Phi) is 3.76. The molecule has 0 spiro atoms. The van der Waals surface area contributed by atoms with Gasteiger partial charge >= 0.3 is 0 Å². The fourth-order valence-corrected chi connectivity index (χ4v) is 3.41. The minimum absolute atomic E-state index is 0.0712. The maximum Gasteiger partial charge on any atom is 0.193 e. The van der Waals surface area contributed by atoms with E-state index < -0.39 is 0 Å². The number of benzene rings is 2. The van der Waals surface area contributed by atoms with Gasteiger partial charge in [-0.05, 0) is 57.6 Å². The lowest BCUT2D eigenvalue weighted by molar-refractivity contribution is 0.103. The molecular formula is C16H11IO2S. The van der Waals surface area contributed by atoms with Crippen LogP contribution >= 0.6 is 33.9 Å². The van der Waals surface area contributed by atoms with Gasteiger partial charge in [0.2, 0.25) is 0 Å². The van der Waals surface area contributed by atoms with Gasteiger partial charge in [-0.15, -0.1) is 11.3 Å². The van der Waals surface area contributed by atoms with E-state index in [0.29, 0.717) is 0 Å². The Morgan fingerprint density at radius 3 is 2.50 bits per heavy atom. The second-order valence-electron chi connectivity index (χ2n) is 4.40. The normalized spacial score (nSPS) is 10.7. The number of carbonyl (C=O) groups excluding carboxylic acids is 1. The number of hydrogen-bond donors (Lipinski definition) is 0. The van der Waals surface area contributed by atoms with E-state index in [-0.39, 0.29) is 5.78 Å². The molecule has 0 unspecified atom stereocenters. The van der Waals surface area contributed by atoms with E-state index in [4.69, 9.17) is 4.74 Å². The summed E-state index contributed by atoms with van der Waals surface area (Å²) in [6, 6.07) is 13.5. The third kappa shape index (κ3) is 2.58. The summed E-state index contributed by atoms with van der Waals surface area (Å²) in [5, 5.41) is 4.02. The van der Waals surface area contributed by atoms with Gasteiger partial charge in [0.25, 0.3) is 0 Å². The third-order valence-corrected chi connectivity index (χ3v) is 4.93. The zero-order valence-electron chi connectivity index (χ0n) is 10.7. The largest absolute Gasteiger partial charge is 0.497 e. The molecule has 0 radical (unpaired) electrons. The van der Waals surface area contributed by atoms with Crippen molar-refractivity contribution in [1.29, 1.82) is 0 Å². The molecular weight excluding hydrogens is 383 g/mol. The molecule has 100 valence electrons. The van der Waals surface area contributed by atoms with Crippen molar-refractivity contribution in [2.24, 2.45) is 0 Å². The van der Waals surface area contributed by atoms with Gasteiger partial charge in [-0.25, -0.2) is 0 Å². The lowest BCUT2D eigenvalue weighted by Crippen LogP contribution is -1.99. The lowest BCUT2D eigenvalue weighted by Gasteiger charge is -2.04. The van der Waals surface area contributed by atoms with E-state index >= 15 is 0 Å². The maximum absolute atomic E-state index is 12.4. The molecule has 0 aliphatic rings. The van der Waals surface area contributed by atoms with Crippen molar-refractivity contribution >= 4 is 50.5 Å². The van der Waals surface area contributed by atoms with Crippen LogP contribution in [0.25, 0.3) is 10.8 Å². The Labute approximate surface area is 134 Å². The highest BCUT2D eigenvalue weighted by Crippen LogP contribution is 2.24. The Bertz CT molecular complexity index is 792. The molecule has 3 rings (SSSR count). The number of methoxy groups -OCH3 is 1. The van der Waals surface area contributed by atoms with Crippen LogP contribution in [0.2, 0.25) is 0 Å². The topological polar surface area (TPSA) is 26.3 Å². The number of fused-ring (bicyclic) bond motifs is 1. The molecule has 1 heterocycles. The monoisotopic (exact) mass is 394 g/mol. The minimum Gasteiger partial charge on any atom is -0.497 e. The molecule has 20 heavy (non-hydrogen) atoms. The van der Waals surface area contributed by atoms with Gasteiger partial charge in [0.05, 0.1) is 9.99 Å². The molecule has 0 aliphatic carbocycles. The van der Waals surface area contributed by atoms with E-state index in [9.17, 15) is 4.79 Å². The lowest BCUT2D eigenvalue weighted by atomic mass is 10.0. The first-order chi connectivity index (χ1) is 9.67. The first kappa shape index (κ1) is 13.6. The van der Waals surface area contributed by atoms with Crippen molar-refractivity contribution in [1.82, 2.24) is 0 Å². The second-order valence-corrected chi connectivity index (χ2v) is 7.20. The summed E-state index contributed by atoms with van der Waals surface area (Å²) in [4.78, 5) is 12.4. The van der Waals surface area contributed by atoms with E-state index in [0.717, 1.165) is 30.5 Å². The van der Waals surface area contributed by atoms with Crippen molar-refractivity contribution in [3.8, 4) is 5.75 Å². The Balaban J connectivity index is 2.02. The standard InChI is InChI=1S/C16H11IO2S/c1-19-14-5-4-10-6-12(3-2-11(10)7-14)16(18)13-8-15(17)20-9-13/h2-9H,1H3. The van der Waals surface area contributed by atoms with Crippen LogP contribution < -0.4 is 4.74 Å².